The molecule has 0 aliphatic rings. The summed E-state index contributed by atoms with van der Waals surface area (Å²) in [6, 6.07) is 12.5. The number of nitrogens with one attached hydrogen (secondary N) is 1. The van der Waals surface area contributed by atoms with Crippen molar-refractivity contribution in [3.05, 3.63) is 54.2 Å². The van der Waals surface area contributed by atoms with Gasteiger partial charge in [0.15, 0.2) is 0 Å². The zero-order valence-corrected chi connectivity index (χ0v) is 12.5. The van der Waals surface area contributed by atoms with Crippen LogP contribution in [-0.4, -0.2) is 16.1 Å². The molecule has 1 atom stereocenters. The first-order chi connectivity index (χ1) is 10.2. The number of benzene rings is 1. The molecule has 1 N–H and O–H groups in total. The summed E-state index contributed by atoms with van der Waals surface area (Å²) in [4.78, 5) is 4.41. The van der Waals surface area contributed by atoms with Crippen LogP contribution in [0.3, 0.4) is 0 Å². The van der Waals surface area contributed by atoms with E-state index in [9.17, 15) is 0 Å². The van der Waals surface area contributed by atoms with Crippen LogP contribution in [0.2, 0.25) is 0 Å². The SMILES string of the molecule is Cc1ccc(C(C)NCCCn2cnc3ccccc32)o1. The second kappa shape index (κ2) is 6.14. The lowest BCUT2D eigenvalue weighted by molar-refractivity contribution is 0.411. The van der Waals surface area contributed by atoms with Crippen molar-refractivity contribution in [2.75, 3.05) is 6.54 Å². The Morgan fingerprint density at radius 1 is 1.24 bits per heavy atom. The predicted octanol–water partition coefficient (Wildman–Crippen LogP) is 3.68. The minimum atomic E-state index is 0.248. The molecule has 0 fully saturated rings. The van der Waals surface area contributed by atoms with Gasteiger partial charge in [-0.25, -0.2) is 4.98 Å². The third-order valence-corrected chi connectivity index (χ3v) is 3.74. The van der Waals surface area contributed by atoms with Crippen molar-refractivity contribution in [3.63, 3.8) is 0 Å². The highest BCUT2D eigenvalue weighted by molar-refractivity contribution is 5.74. The summed E-state index contributed by atoms with van der Waals surface area (Å²) in [6.45, 7) is 6.02. The van der Waals surface area contributed by atoms with Crippen LogP contribution in [0.4, 0.5) is 0 Å². The molecule has 0 aliphatic carbocycles. The number of fused-ring (bicyclic) bond motifs is 1. The van der Waals surface area contributed by atoms with Crippen molar-refractivity contribution in [3.8, 4) is 0 Å². The van der Waals surface area contributed by atoms with Gasteiger partial charge in [0, 0.05) is 6.54 Å². The van der Waals surface area contributed by atoms with E-state index in [1.807, 2.05) is 37.5 Å². The van der Waals surface area contributed by atoms with E-state index >= 15 is 0 Å². The van der Waals surface area contributed by atoms with Gasteiger partial charge >= 0.3 is 0 Å². The van der Waals surface area contributed by atoms with E-state index < -0.39 is 0 Å². The number of hydrogen-bond acceptors (Lipinski definition) is 3. The number of rotatable bonds is 6. The van der Waals surface area contributed by atoms with Crippen LogP contribution in [0.5, 0.6) is 0 Å². The molecule has 0 radical (unpaired) electrons. The molecule has 21 heavy (non-hydrogen) atoms. The molecule has 0 aliphatic heterocycles. The number of aromatic nitrogens is 2. The molecule has 4 heteroatoms. The number of para-hydroxylation sites is 2. The van der Waals surface area contributed by atoms with Crippen LogP contribution in [-0.2, 0) is 6.54 Å². The zero-order chi connectivity index (χ0) is 14.7. The summed E-state index contributed by atoms with van der Waals surface area (Å²) in [5.74, 6) is 1.96. The van der Waals surface area contributed by atoms with Crippen LogP contribution < -0.4 is 5.32 Å². The van der Waals surface area contributed by atoms with Crippen molar-refractivity contribution < 1.29 is 4.42 Å². The highest BCUT2D eigenvalue weighted by Crippen LogP contribution is 2.15. The maximum absolute atomic E-state index is 5.63. The van der Waals surface area contributed by atoms with Crippen molar-refractivity contribution in [1.29, 1.82) is 0 Å². The van der Waals surface area contributed by atoms with Gasteiger partial charge in [-0.2, -0.15) is 0 Å². The van der Waals surface area contributed by atoms with Crippen molar-refractivity contribution in [1.82, 2.24) is 14.9 Å². The number of aryl methyl sites for hydroxylation is 2. The fourth-order valence-electron chi connectivity index (χ4n) is 2.54. The lowest BCUT2D eigenvalue weighted by Gasteiger charge is -2.11. The molecule has 1 unspecified atom stereocenters. The third-order valence-electron chi connectivity index (χ3n) is 3.74. The molecule has 4 nitrogen and oxygen atoms in total. The Kier molecular flexibility index (Phi) is 4.06. The number of hydrogen-bond donors (Lipinski definition) is 1. The maximum Gasteiger partial charge on any atom is 0.120 e. The van der Waals surface area contributed by atoms with Gasteiger partial charge in [-0.3, -0.25) is 0 Å². The van der Waals surface area contributed by atoms with Crippen LogP contribution in [0.1, 0.15) is 30.9 Å². The summed E-state index contributed by atoms with van der Waals surface area (Å²) < 4.78 is 7.84. The molecular weight excluding hydrogens is 262 g/mol. The molecule has 0 amide bonds. The fourth-order valence-corrected chi connectivity index (χ4v) is 2.54. The summed E-state index contributed by atoms with van der Waals surface area (Å²) in [6.07, 6.45) is 2.98. The first-order valence-corrected chi connectivity index (χ1v) is 7.43. The zero-order valence-electron chi connectivity index (χ0n) is 12.5. The van der Waals surface area contributed by atoms with Crippen LogP contribution in [0.25, 0.3) is 11.0 Å². The van der Waals surface area contributed by atoms with Crippen LogP contribution in [0.15, 0.2) is 47.1 Å². The first-order valence-electron chi connectivity index (χ1n) is 7.43. The van der Waals surface area contributed by atoms with Gasteiger partial charge in [0.05, 0.1) is 23.4 Å². The van der Waals surface area contributed by atoms with E-state index in [0.717, 1.165) is 36.5 Å². The predicted molar refractivity (Wildman–Crippen MR) is 84.2 cm³/mol. The highest BCUT2D eigenvalue weighted by Gasteiger charge is 2.08. The van der Waals surface area contributed by atoms with E-state index in [1.54, 1.807) is 0 Å². The van der Waals surface area contributed by atoms with Gasteiger partial charge in [-0.05, 0) is 51.1 Å². The van der Waals surface area contributed by atoms with Crippen molar-refractivity contribution in [2.45, 2.75) is 32.9 Å². The molecule has 3 rings (SSSR count). The summed E-state index contributed by atoms with van der Waals surface area (Å²) >= 11 is 0. The molecule has 0 spiro atoms. The molecule has 2 heterocycles. The van der Waals surface area contributed by atoms with Crippen LogP contribution >= 0.6 is 0 Å². The van der Waals surface area contributed by atoms with Crippen molar-refractivity contribution >= 4 is 11.0 Å². The van der Waals surface area contributed by atoms with E-state index in [2.05, 4.69) is 33.9 Å². The van der Waals surface area contributed by atoms with Gasteiger partial charge in [0.1, 0.15) is 11.5 Å². The molecule has 2 aromatic heterocycles. The van der Waals surface area contributed by atoms with E-state index in [1.165, 1.54) is 5.52 Å². The lowest BCUT2D eigenvalue weighted by atomic mass is 10.2. The second-order valence-corrected chi connectivity index (χ2v) is 5.40. The minimum Gasteiger partial charge on any atom is -0.465 e. The van der Waals surface area contributed by atoms with Gasteiger partial charge < -0.3 is 14.3 Å². The minimum absolute atomic E-state index is 0.248. The fraction of sp³-hybridized carbons (Fsp3) is 0.353. The number of furan rings is 1. The number of nitrogens with zero attached hydrogens (tertiary/aromatic N) is 2. The molecule has 3 aromatic rings. The van der Waals surface area contributed by atoms with Gasteiger partial charge in [0.25, 0.3) is 0 Å². The van der Waals surface area contributed by atoms with Crippen molar-refractivity contribution in [2.24, 2.45) is 0 Å². The van der Waals surface area contributed by atoms with Crippen LogP contribution in [0, 0.1) is 6.92 Å². The maximum atomic E-state index is 5.63. The topological polar surface area (TPSA) is 43.0 Å². The second-order valence-electron chi connectivity index (χ2n) is 5.40. The number of imidazole rings is 1. The summed E-state index contributed by atoms with van der Waals surface area (Å²) in [5, 5.41) is 3.50. The molecule has 110 valence electrons. The molecule has 0 saturated heterocycles. The summed E-state index contributed by atoms with van der Waals surface area (Å²) in [7, 11) is 0. The largest absolute Gasteiger partial charge is 0.465 e. The Morgan fingerprint density at radius 3 is 2.90 bits per heavy atom. The third kappa shape index (κ3) is 3.16. The normalized spacial score (nSPS) is 12.9. The van der Waals surface area contributed by atoms with E-state index in [0.29, 0.717) is 0 Å². The monoisotopic (exact) mass is 283 g/mol. The van der Waals surface area contributed by atoms with E-state index in [-0.39, 0.29) is 6.04 Å². The Hall–Kier alpha value is -2.07. The quantitative estimate of drug-likeness (QED) is 0.702. The highest BCUT2D eigenvalue weighted by atomic mass is 16.3. The summed E-state index contributed by atoms with van der Waals surface area (Å²) in [5.41, 5.74) is 2.26. The Balaban J connectivity index is 1.50. The smallest absolute Gasteiger partial charge is 0.120 e. The average Bonchev–Trinajstić information content (AvgIpc) is 3.10. The lowest BCUT2D eigenvalue weighted by Crippen LogP contribution is -2.20. The molecule has 1 aromatic carbocycles. The average molecular weight is 283 g/mol. The van der Waals surface area contributed by atoms with Gasteiger partial charge in [-0.1, -0.05) is 12.1 Å². The Labute approximate surface area is 124 Å². The molecular formula is C17H21N3O. The first kappa shape index (κ1) is 13.9. The Bertz CT molecular complexity index is 713. The molecule has 0 saturated carbocycles. The Morgan fingerprint density at radius 2 is 2.10 bits per heavy atom. The van der Waals surface area contributed by atoms with Gasteiger partial charge in [0.2, 0.25) is 0 Å². The standard InChI is InChI=1S/C17H21N3O/c1-13-8-9-17(21-13)14(2)18-10-5-11-20-12-19-15-6-3-4-7-16(15)20/h3-4,6-9,12,14,18H,5,10-11H2,1-2H3. The van der Waals surface area contributed by atoms with E-state index in [4.69, 9.17) is 4.42 Å². The molecule has 0 bridgehead atoms. The van der Waals surface area contributed by atoms with Gasteiger partial charge in [-0.15, -0.1) is 0 Å².